The highest BCUT2D eigenvalue weighted by molar-refractivity contribution is 7.89. The molecule has 0 bridgehead atoms. The smallest absolute Gasteiger partial charge is 0.258 e. The Kier molecular flexibility index (Phi) is 5.38. The Morgan fingerprint density at radius 2 is 1.86 bits per heavy atom. The van der Waals surface area contributed by atoms with E-state index in [1.165, 1.54) is 10.5 Å². The number of nitrogens with one attached hydrogen (secondary N) is 1. The Bertz CT molecular complexity index is 1200. The van der Waals surface area contributed by atoms with Gasteiger partial charge >= 0.3 is 0 Å². The van der Waals surface area contributed by atoms with E-state index in [1.807, 2.05) is 25.1 Å². The average molecular weight is 413 g/mol. The Balaban J connectivity index is 1.54. The van der Waals surface area contributed by atoms with Gasteiger partial charge in [-0.3, -0.25) is 9.20 Å². The number of fused-ring (bicyclic) bond motifs is 1. The highest BCUT2D eigenvalue weighted by Gasteiger charge is 2.25. The molecule has 7 nitrogen and oxygen atoms in total. The number of benzene rings is 1. The van der Waals surface area contributed by atoms with Crippen LogP contribution in [0.1, 0.15) is 30.5 Å². The van der Waals surface area contributed by atoms with Gasteiger partial charge in [0.1, 0.15) is 5.65 Å². The van der Waals surface area contributed by atoms with Crippen LogP contribution < -0.4 is 10.9 Å². The zero-order valence-corrected chi connectivity index (χ0v) is 17.2. The third-order valence-electron chi connectivity index (χ3n) is 5.12. The SMILES string of the molecule is Cc1ccc2nc(CNc3cccc(S(=O)(=O)N4CCCCC4)c3)cc(=O)n2c1. The van der Waals surface area contributed by atoms with E-state index in [2.05, 4.69) is 10.3 Å². The van der Waals surface area contributed by atoms with Gasteiger partial charge in [0.15, 0.2) is 0 Å². The van der Waals surface area contributed by atoms with Crippen molar-refractivity contribution in [3.63, 3.8) is 0 Å². The summed E-state index contributed by atoms with van der Waals surface area (Å²) in [6, 6.07) is 12.0. The van der Waals surface area contributed by atoms with Gasteiger partial charge in [-0.15, -0.1) is 0 Å². The van der Waals surface area contributed by atoms with E-state index in [4.69, 9.17) is 0 Å². The van der Waals surface area contributed by atoms with Crippen LogP contribution in [0.4, 0.5) is 5.69 Å². The molecule has 1 saturated heterocycles. The van der Waals surface area contributed by atoms with Crippen LogP contribution in [0.2, 0.25) is 0 Å². The number of hydrogen-bond acceptors (Lipinski definition) is 5. The summed E-state index contributed by atoms with van der Waals surface area (Å²) in [5, 5.41) is 3.19. The van der Waals surface area contributed by atoms with Crippen molar-refractivity contribution in [3.8, 4) is 0 Å². The normalized spacial score (nSPS) is 15.5. The summed E-state index contributed by atoms with van der Waals surface area (Å²) in [6.07, 6.45) is 4.64. The second-order valence-electron chi connectivity index (χ2n) is 7.37. The first-order valence-electron chi connectivity index (χ1n) is 9.76. The molecular weight excluding hydrogens is 388 g/mol. The van der Waals surface area contributed by atoms with Crippen molar-refractivity contribution in [1.29, 1.82) is 0 Å². The molecule has 0 unspecified atom stereocenters. The summed E-state index contributed by atoms with van der Waals surface area (Å²) in [4.78, 5) is 17.1. The number of piperidine rings is 1. The molecule has 1 aromatic carbocycles. The molecule has 2 aromatic heterocycles. The molecule has 0 saturated carbocycles. The van der Waals surface area contributed by atoms with Crippen molar-refractivity contribution < 1.29 is 8.42 Å². The zero-order valence-electron chi connectivity index (χ0n) is 16.3. The predicted octanol–water partition coefficient (Wildman–Crippen LogP) is 2.79. The molecule has 1 aliphatic rings. The molecule has 0 spiro atoms. The fourth-order valence-electron chi connectivity index (χ4n) is 3.56. The lowest BCUT2D eigenvalue weighted by Crippen LogP contribution is -2.35. The number of anilines is 1. The molecule has 1 aliphatic heterocycles. The molecule has 1 N–H and O–H groups in total. The first kappa shape index (κ1) is 19.6. The summed E-state index contributed by atoms with van der Waals surface area (Å²) in [5.41, 5.74) is 2.70. The molecule has 0 aliphatic carbocycles. The van der Waals surface area contributed by atoms with Crippen molar-refractivity contribution in [3.05, 3.63) is 70.3 Å². The molecule has 1 fully saturated rings. The molecule has 152 valence electrons. The molecule has 8 heteroatoms. The van der Waals surface area contributed by atoms with Gasteiger partial charge in [-0.1, -0.05) is 18.6 Å². The van der Waals surface area contributed by atoms with Gasteiger partial charge in [-0.25, -0.2) is 13.4 Å². The quantitative estimate of drug-likeness (QED) is 0.697. The van der Waals surface area contributed by atoms with Gasteiger partial charge in [0.2, 0.25) is 10.0 Å². The lowest BCUT2D eigenvalue weighted by atomic mass is 10.2. The second-order valence-corrected chi connectivity index (χ2v) is 9.30. The van der Waals surface area contributed by atoms with Gasteiger partial charge in [0.05, 0.1) is 17.1 Å². The maximum atomic E-state index is 12.9. The van der Waals surface area contributed by atoms with Crippen LogP contribution in [0.15, 0.2) is 58.4 Å². The van der Waals surface area contributed by atoms with E-state index in [-0.39, 0.29) is 10.5 Å². The third-order valence-corrected chi connectivity index (χ3v) is 7.02. The second kappa shape index (κ2) is 7.96. The van der Waals surface area contributed by atoms with Gasteiger partial charge in [0.25, 0.3) is 5.56 Å². The summed E-state index contributed by atoms with van der Waals surface area (Å²) in [7, 11) is -3.48. The van der Waals surface area contributed by atoms with Gasteiger partial charge < -0.3 is 5.32 Å². The number of aromatic nitrogens is 2. The summed E-state index contributed by atoms with van der Waals surface area (Å²) >= 11 is 0. The van der Waals surface area contributed by atoms with Crippen molar-refractivity contribution in [1.82, 2.24) is 13.7 Å². The standard InChI is InChI=1S/C21H24N4O3S/c1-16-8-9-20-23-18(13-21(26)25(20)15-16)14-22-17-6-5-7-19(12-17)29(27,28)24-10-3-2-4-11-24/h5-9,12-13,15,22H,2-4,10-11,14H2,1H3. The van der Waals surface area contributed by atoms with E-state index >= 15 is 0 Å². The molecule has 4 rings (SSSR count). The molecule has 0 amide bonds. The van der Waals surface area contributed by atoms with Crippen molar-refractivity contribution in [2.75, 3.05) is 18.4 Å². The molecule has 0 atom stereocenters. The predicted molar refractivity (Wildman–Crippen MR) is 113 cm³/mol. The summed E-state index contributed by atoms with van der Waals surface area (Å²) < 4.78 is 28.8. The molecule has 0 radical (unpaired) electrons. The van der Waals surface area contributed by atoms with Crippen LogP contribution in [-0.4, -0.2) is 35.2 Å². The van der Waals surface area contributed by atoms with Crippen molar-refractivity contribution in [2.45, 2.75) is 37.6 Å². The van der Waals surface area contributed by atoms with E-state index < -0.39 is 10.0 Å². The van der Waals surface area contributed by atoms with Crippen molar-refractivity contribution in [2.24, 2.45) is 0 Å². The largest absolute Gasteiger partial charge is 0.379 e. The molecular formula is C21H24N4O3S. The number of nitrogens with zero attached hydrogens (tertiary/aromatic N) is 3. The van der Waals surface area contributed by atoms with E-state index in [0.29, 0.717) is 36.7 Å². The Labute approximate surface area is 170 Å². The maximum Gasteiger partial charge on any atom is 0.258 e. The average Bonchev–Trinajstić information content (AvgIpc) is 2.74. The van der Waals surface area contributed by atoms with Crippen LogP contribution >= 0.6 is 0 Å². The molecule has 3 aromatic rings. The van der Waals surface area contributed by atoms with Gasteiger partial charge in [0, 0.05) is 31.0 Å². The number of rotatable bonds is 5. The first-order valence-corrected chi connectivity index (χ1v) is 11.2. The zero-order chi connectivity index (χ0) is 20.4. The Morgan fingerprint density at radius 3 is 2.66 bits per heavy atom. The molecule has 29 heavy (non-hydrogen) atoms. The maximum absolute atomic E-state index is 12.9. The van der Waals surface area contributed by atoms with Crippen LogP contribution in [0, 0.1) is 6.92 Å². The van der Waals surface area contributed by atoms with E-state index in [9.17, 15) is 13.2 Å². The Hall–Kier alpha value is -2.71. The van der Waals surface area contributed by atoms with Crippen LogP contribution in [-0.2, 0) is 16.6 Å². The third kappa shape index (κ3) is 4.18. The monoisotopic (exact) mass is 412 g/mol. The first-order chi connectivity index (χ1) is 13.9. The van der Waals surface area contributed by atoms with Gasteiger partial charge in [-0.05, 0) is 49.6 Å². The molecule has 3 heterocycles. The number of aryl methyl sites for hydroxylation is 1. The summed E-state index contributed by atoms with van der Waals surface area (Å²) in [5.74, 6) is 0. The number of sulfonamides is 1. The highest BCUT2D eigenvalue weighted by Crippen LogP contribution is 2.23. The van der Waals surface area contributed by atoms with Crippen LogP contribution in [0.5, 0.6) is 0 Å². The minimum atomic E-state index is -3.48. The van der Waals surface area contributed by atoms with Crippen molar-refractivity contribution >= 4 is 21.4 Å². The topological polar surface area (TPSA) is 83.8 Å². The number of hydrogen-bond donors (Lipinski definition) is 1. The van der Waals surface area contributed by atoms with E-state index in [0.717, 1.165) is 24.8 Å². The minimum absolute atomic E-state index is 0.142. The lowest BCUT2D eigenvalue weighted by molar-refractivity contribution is 0.346. The fraction of sp³-hybridized carbons (Fsp3) is 0.333. The number of pyridine rings is 1. The van der Waals surface area contributed by atoms with Gasteiger partial charge in [-0.2, -0.15) is 4.31 Å². The lowest BCUT2D eigenvalue weighted by Gasteiger charge is -2.26. The highest BCUT2D eigenvalue weighted by atomic mass is 32.2. The minimum Gasteiger partial charge on any atom is -0.379 e. The summed E-state index contributed by atoms with van der Waals surface area (Å²) in [6.45, 7) is 3.40. The fourth-order valence-corrected chi connectivity index (χ4v) is 5.13. The Morgan fingerprint density at radius 1 is 1.07 bits per heavy atom. The van der Waals surface area contributed by atoms with Crippen LogP contribution in [0.25, 0.3) is 5.65 Å². The van der Waals surface area contributed by atoms with E-state index in [1.54, 1.807) is 28.7 Å². The van der Waals surface area contributed by atoms with Crippen LogP contribution in [0.3, 0.4) is 0 Å².